The molecule has 3 rings (SSSR count). The van der Waals surface area contributed by atoms with Gasteiger partial charge in [-0.25, -0.2) is 4.98 Å². The van der Waals surface area contributed by atoms with Crippen molar-refractivity contribution in [3.8, 4) is 0 Å². The summed E-state index contributed by atoms with van der Waals surface area (Å²) < 4.78 is 1.95. The van der Waals surface area contributed by atoms with Gasteiger partial charge in [-0.3, -0.25) is 4.79 Å². The number of fused-ring (bicyclic) bond motifs is 1. The van der Waals surface area contributed by atoms with Gasteiger partial charge in [0.25, 0.3) is 0 Å². The lowest BCUT2D eigenvalue weighted by Crippen LogP contribution is -2.30. The zero-order valence-corrected chi connectivity index (χ0v) is 12.8. The first kappa shape index (κ1) is 14.3. The zero-order chi connectivity index (χ0) is 15.5. The number of carbonyl (C=O) groups is 1. The third kappa shape index (κ3) is 2.86. The number of amides is 1. The summed E-state index contributed by atoms with van der Waals surface area (Å²) in [5.74, 6) is 0.839. The molecule has 0 unspecified atom stereocenters. The van der Waals surface area contributed by atoms with E-state index in [4.69, 9.17) is 0 Å². The maximum Gasteiger partial charge on any atom is 0.240 e. The molecule has 22 heavy (non-hydrogen) atoms. The Bertz CT molecular complexity index is 792. The molecule has 0 saturated carbocycles. The fourth-order valence-corrected chi connectivity index (χ4v) is 2.65. The van der Waals surface area contributed by atoms with Crippen molar-refractivity contribution in [2.24, 2.45) is 0 Å². The molecule has 0 radical (unpaired) electrons. The molecule has 1 heterocycles. The lowest BCUT2D eigenvalue weighted by Gasteiger charge is -2.15. The van der Waals surface area contributed by atoms with Crippen LogP contribution in [0.1, 0.15) is 24.4 Å². The summed E-state index contributed by atoms with van der Waals surface area (Å²) in [6.07, 6.45) is 0. The molecule has 0 aliphatic heterocycles. The highest BCUT2D eigenvalue weighted by molar-refractivity contribution is 5.81. The van der Waals surface area contributed by atoms with Gasteiger partial charge in [-0.1, -0.05) is 42.5 Å². The Kier molecular flexibility index (Phi) is 3.92. The van der Waals surface area contributed by atoms with Gasteiger partial charge in [0.15, 0.2) is 0 Å². The molecule has 4 heteroatoms. The fraction of sp³-hybridized carbons (Fsp3) is 0.222. The maximum absolute atomic E-state index is 12.3. The molecule has 1 N–H and O–H groups in total. The van der Waals surface area contributed by atoms with E-state index < -0.39 is 0 Å². The van der Waals surface area contributed by atoms with Crippen LogP contribution in [0.25, 0.3) is 11.0 Å². The summed E-state index contributed by atoms with van der Waals surface area (Å²) in [7, 11) is 0. The second-order valence-corrected chi connectivity index (χ2v) is 5.43. The first-order valence-corrected chi connectivity index (χ1v) is 7.41. The van der Waals surface area contributed by atoms with Crippen molar-refractivity contribution in [1.82, 2.24) is 14.9 Å². The second kappa shape index (κ2) is 6.02. The summed E-state index contributed by atoms with van der Waals surface area (Å²) in [6, 6.07) is 17.8. The number of rotatable bonds is 4. The number of imidazole rings is 1. The van der Waals surface area contributed by atoms with Crippen LogP contribution in [-0.4, -0.2) is 15.5 Å². The van der Waals surface area contributed by atoms with Crippen molar-refractivity contribution in [2.75, 3.05) is 0 Å². The van der Waals surface area contributed by atoms with E-state index in [2.05, 4.69) is 10.3 Å². The SMILES string of the molecule is Cc1nc2ccccc2n1CC(=O)N[C@@H](C)c1ccccc1. The summed E-state index contributed by atoms with van der Waals surface area (Å²) in [5, 5.41) is 3.04. The van der Waals surface area contributed by atoms with Gasteiger partial charge < -0.3 is 9.88 Å². The molecule has 4 nitrogen and oxygen atoms in total. The van der Waals surface area contributed by atoms with Crippen LogP contribution in [0.5, 0.6) is 0 Å². The van der Waals surface area contributed by atoms with Crippen molar-refractivity contribution in [2.45, 2.75) is 26.4 Å². The summed E-state index contributed by atoms with van der Waals surface area (Å²) in [4.78, 5) is 16.8. The normalized spacial score (nSPS) is 12.3. The Morgan fingerprint density at radius 1 is 1.14 bits per heavy atom. The van der Waals surface area contributed by atoms with Gasteiger partial charge in [-0.15, -0.1) is 0 Å². The van der Waals surface area contributed by atoms with E-state index in [-0.39, 0.29) is 18.5 Å². The number of carbonyl (C=O) groups excluding carboxylic acids is 1. The zero-order valence-electron chi connectivity index (χ0n) is 12.8. The van der Waals surface area contributed by atoms with Crippen molar-refractivity contribution in [3.05, 3.63) is 66.0 Å². The van der Waals surface area contributed by atoms with Crippen LogP contribution < -0.4 is 5.32 Å². The molecule has 0 bridgehead atoms. The Balaban J connectivity index is 1.75. The number of benzene rings is 2. The average molecular weight is 293 g/mol. The van der Waals surface area contributed by atoms with Crippen molar-refractivity contribution < 1.29 is 4.79 Å². The molecule has 0 spiro atoms. The molecule has 3 aromatic rings. The highest BCUT2D eigenvalue weighted by Crippen LogP contribution is 2.16. The Labute approximate surface area is 129 Å². The topological polar surface area (TPSA) is 46.9 Å². The molecule has 0 fully saturated rings. The fourth-order valence-electron chi connectivity index (χ4n) is 2.65. The second-order valence-electron chi connectivity index (χ2n) is 5.43. The molecular formula is C18H19N3O. The Morgan fingerprint density at radius 3 is 2.59 bits per heavy atom. The maximum atomic E-state index is 12.3. The van der Waals surface area contributed by atoms with Gasteiger partial charge >= 0.3 is 0 Å². The predicted octanol–water partition coefficient (Wildman–Crippen LogP) is 3.22. The molecule has 1 amide bonds. The number of hydrogen-bond acceptors (Lipinski definition) is 2. The van der Waals surface area contributed by atoms with Crippen LogP contribution in [0, 0.1) is 6.92 Å². The van der Waals surface area contributed by atoms with Gasteiger partial charge in [0.05, 0.1) is 17.1 Å². The minimum atomic E-state index is -0.0115. The van der Waals surface area contributed by atoms with E-state index >= 15 is 0 Å². The first-order valence-electron chi connectivity index (χ1n) is 7.41. The number of nitrogens with one attached hydrogen (secondary N) is 1. The van der Waals surface area contributed by atoms with Crippen molar-refractivity contribution >= 4 is 16.9 Å². The van der Waals surface area contributed by atoms with Gasteiger partial charge in [0.2, 0.25) is 5.91 Å². The van der Waals surface area contributed by atoms with E-state index in [0.717, 1.165) is 22.4 Å². The molecule has 2 aromatic carbocycles. The minimum Gasteiger partial charge on any atom is -0.348 e. The van der Waals surface area contributed by atoms with Crippen molar-refractivity contribution in [1.29, 1.82) is 0 Å². The standard InChI is InChI=1S/C18H19N3O/c1-13(15-8-4-3-5-9-15)19-18(22)12-21-14(2)20-16-10-6-7-11-17(16)21/h3-11,13H,12H2,1-2H3,(H,19,22)/t13-/m0/s1. The van der Waals surface area contributed by atoms with Crippen molar-refractivity contribution in [3.63, 3.8) is 0 Å². The number of aryl methyl sites for hydroxylation is 1. The molecular weight excluding hydrogens is 274 g/mol. The smallest absolute Gasteiger partial charge is 0.240 e. The number of hydrogen-bond donors (Lipinski definition) is 1. The summed E-state index contributed by atoms with van der Waals surface area (Å²) in [6.45, 7) is 4.20. The largest absolute Gasteiger partial charge is 0.348 e. The van der Waals surface area contributed by atoms with Crippen LogP contribution >= 0.6 is 0 Å². The lowest BCUT2D eigenvalue weighted by molar-refractivity contribution is -0.122. The van der Waals surface area contributed by atoms with Crippen LogP contribution in [0.4, 0.5) is 0 Å². The van der Waals surface area contributed by atoms with E-state index in [0.29, 0.717) is 0 Å². The molecule has 0 aliphatic rings. The molecule has 0 aliphatic carbocycles. The van der Waals surface area contributed by atoms with Crippen LogP contribution in [0.2, 0.25) is 0 Å². The number of para-hydroxylation sites is 2. The van der Waals surface area contributed by atoms with E-state index in [1.807, 2.05) is 73.0 Å². The quantitative estimate of drug-likeness (QED) is 0.803. The first-order chi connectivity index (χ1) is 10.6. The third-order valence-corrected chi connectivity index (χ3v) is 3.82. The Hall–Kier alpha value is -2.62. The third-order valence-electron chi connectivity index (χ3n) is 3.82. The summed E-state index contributed by atoms with van der Waals surface area (Å²) >= 11 is 0. The van der Waals surface area contributed by atoms with Crippen LogP contribution in [0.15, 0.2) is 54.6 Å². The minimum absolute atomic E-state index is 0.0104. The van der Waals surface area contributed by atoms with E-state index in [1.165, 1.54) is 0 Å². The summed E-state index contributed by atoms with van der Waals surface area (Å²) in [5.41, 5.74) is 3.01. The molecule has 0 saturated heterocycles. The van der Waals surface area contributed by atoms with Gasteiger partial charge in [-0.05, 0) is 31.5 Å². The van der Waals surface area contributed by atoms with Gasteiger partial charge in [-0.2, -0.15) is 0 Å². The monoisotopic (exact) mass is 293 g/mol. The predicted molar refractivity (Wildman–Crippen MR) is 87.5 cm³/mol. The highest BCUT2D eigenvalue weighted by Gasteiger charge is 2.13. The number of nitrogens with zero attached hydrogens (tertiary/aromatic N) is 2. The van der Waals surface area contributed by atoms with Crippen LogP contribution in [-0.2, 0) is 11.3 Å². The molecule has 112 valence electrons. The van der Waals surface area contributed by atoms with Gasteiger partial charge in [0, 0.05) is 0 Å². The molecule has 1 aromatic heterocycles. The lowest BCUT2D eigenvalue weighted by atomic mass is 10.1. The van der Waals surface area contributed by atoms with Gasteiger partial charge in [0.1, 0.15) is 12.4 Å². The van der Waals surface area contributed by atoms with E-state index in [1.54, 1.807) is 0 Å². The molecule has 1 atom stereocenters. The highest BCUT2D eigenvalue weighted by atomic mass is 16.2. The Morgan fingerprint density at radius 2 is 1.82 bits per heavy atom. The average Bonchev–Trinajstić information content (AvgIpc) is 2.84. The number of aromatic nitrogens is 2. The van der Waals surface area contributed by atoms with Crippen LogP contribution in [0.3, 0.4) is 0 Å². The van der Waals surface area contributed by atoms with E-state index in [9.17, 15) is 4.79 Å².